The van der Waals surface area contributed by atoms with Crippen LogP contribution < -0.4 is 5.73 Å². The van der Waals surface area contributed by atoms with E-state index >= 15 is 0 Å². The van der Waals surface area contributed by atoms with Crippen LogP contribution in [0.15, 0.2) is 65.1 Å². The van der Waals surface area contributed by atoms with Gasteiger partial charge in [-0.05, 0) is 23.1 Å². The predicted octanol–water partition coefficient (Wildman–Crippen LogP) is 4.36. The van der Waals surface area contributed by atoms with E-state index in [-0.39, 0.29) is 11.8 Å². The van der Waals surface area contributed by atoms with Crippen LogP contribution in [0.5, 0.6) is 5.75 Å². The fraction of sp³-hybridized carbons (Fsp3) is 0.0588. The molecule has 3 rings (SSSR count). The zero-order chi connectivity index (χ0) is 14.1. The van der Waals surface area contributed by atoms with Crippen LogP contribution in [0, 0.1) is 0 Å². The summed E-state index contributed by atoms with van der Waals surface area (Å²) in [5.41, 5.74) is 8.00. The van der Waals surface area contributed by atoms with Crippen LogP contribution in [0.25, 0.3) is 10.8 Å². The van der Waals surface area contributed by atoms with Gasteiger partial charge < -0.3 is 10.8 Å². The first kappa shape index (κ1) is 13.2. The molecule has 0 aromatic heterocycles. The molecule has 0 saturated heterocycles. The highest BCUT2D eigenvalue weighted by molar-refractivity contribution is 9.10. The molecule has 3 heteroatoms. The van der Waals surface area contributed by atoms with Gasteiger partial charge in [-0.25, -0.2) is 0 Å². The molecule has 3 aromatic rings. The van der Waals surface area contributed by atoms with Crippen LogP contribution >= 0.6 is 15.9 Å². The summed E-state index contributed by atoms with van der Waals surface area (Å²) in [5, 5.41) is 12.3. The smallest absolute Gasteiger partial charge is 0.128 e. The Morgan fingerprint density at radius 2 is 1.75 bits per heavy atom. The van der Waals surface area contributed by atoms with Crippen molar-refractivity contribution in [3.05, 3.63) is 76.3 Å². The molecular formula is C17H14BrNO. The number of phenols is 1. The summed E-state index contributed by atoms with van der Waals surface area (Å²) in [7, 11) is 0. The molecule has 2 nitrogen and oxygen atoms in total. The molecular weight excluding hydrogens is 314 g/mol. The molecule has 100 valence electrons. The average Bonchev–Trinajstić information content (AvgIpc) is 2.47. The molecule has 0 aliphatic heterocycles. The van der Waals surface area contributed by atoms with Crippen LogP contribution in [0.4, 0.5) is 0 Å². The maximum atomic E-state index is 10.5. The van der Waals surface area contributed by atoms with Crippen molar-refractivity contribution in [2.75, 3.05) is 0 Å². The van der Waals surface area contributed by atoms with Gasteiger partial charge in [0.1, 0.15) is 5.75 Å². The SMILES string of the molecule is N[C@H](c1cccc(Br)c1)c1ccc2ccccc2c1O. The molecule has 0 spiro atoms. The quantitative estimate of drug-likeness (QED) is 0.734. The first-order valence-electron chi connectivity index (χ1n) is 6.38. The van der Waals surface area contributed by atoms with Crippen molar-refractivity contribution in [2.45, 2.75) is 6.04 Å². The van der Waals surface area contributed by atoms with E-state index in [1.54, 1.807) is 0 Å². The van der Waals surface area contributed by atoms with Gasteiger partial charge in [0.25, 0.3) is 0 Å². The van der Waals surface area contributed by atoms with E-state index in [1.807, 2.05) is 60.7 Å². The van der Waals surface area contributed by atoms with Crippen molar-refractivity contribution in [2.24, 2.45) is 5.73 Å². The molecule has 20 heavy (non-hydrogen) atoms. The minimum absolute atomic E-state index is 0.260. The topological polar surface area (TPSA) is 46.2 Å². The molecule has 0 saturated carbocycles. The fourth-order valence-electron chi connectivity index (χ4n) is 2.40. The first-order valence-corrected chi connectivity index (χ1v) is 7.18. The highest BCUT2D eigenvalue weighted by Gasteiger charge is 2.15. The van der Waals surface area contributed by atoms with Crippen LogP contribution in [-0.4, -0.2) is 5.11 Å². The monoisotopic (exact) mass is 327 g/mol. The Balaban J connectivity index is 2.12. The highest BCUT2D eigenvalue weighted by atomic mass is 79.9. The van der Waals surface area contributed by atoms with Gasteiger partial charge in [-0.1, -0.05) is 64.5 Å². The Labute approximate surface area is 126 Å². The zero-order valence-corrected chi connectivity index (χ0v) is 12.3. The largest absolute Gasteiger partial charge is 0.507 e. The number of hydrogen-bond donors (Lipinski definition) is 2. The summed E-state index contributed by atoms with van der Waals surface area (Å²) in [5.74, 6) is 0.260. The standard InChI is InChI=1S/C17H14BrNO/c18-13-6-3-5-12(10-13)16(19)15-9-8-11-4-1-2-7-14(11)17(15)20/h1-10,16,20H,19H2/t16-/m1/s1. The highest BCUT2D eigenvalue weighted by Crippen LogP contribution is 2.34. The van der Waals surface area contributed by atoms with E-state index in [9.17, 15) is 5.11 Å². The van der Waals surface area contributed by atoms with Crippen molar-refractivity contribution < 1.29 is 5.11 Å². The number of nitrogens with two attached hydrogens (primary N) is 1. The second-order valence-electron chi connectivity index (χ2n) is 4.76. The van der Waals surface area contributed by atoms with Gasteiger partial charge in [-0.3, -0.25) is 0 Å². The number of benzene rings is 3. The van der Waals surface area contributed by atoms with Crippen molar-refractivity contribution >= 4 is 26.7 Å². The van der Waals surface area contributed by atoms with Gasteiger partial charge in [0.2, 0.25) is 0 Å². The molecule has 1 atom stereocenters. The Hall–Kier alpha value is -1.84. The van der Waals surface area contributed by atoms with Gasteiger partial charge >= 0.3 is 0 Å². The lowest BCUT2D eigenvalue weighted by atomic mass is 9.96. The summed E-state index contributed by atoms with van der Waals surface area (Å²) >= 11 is 3.44. The summed E-state index contributed by atoms with van der Waals surface area (Å²) in [6, 6.07) is 19.1. The predicted molar refractivity (Wildman–Crippen MR) is 85.8 cm³/mol. The van der Waals surface area contributed by atoms with Crippen LogP contribution in [0.2, 0.25) is 0 Å². The van der Waals surface area contributed by atoms with Gasteiger partial charge in [-0.15, -0.1) is 0 Å². The first-order chi connectivity index (χ1) is 9.66. The Bertz CT molecular complexity index is 770. The normalized spacial score (nSPS) is 12.5. The summed E-state index contributed by atoms with van der Waals surface area (Å²) < 4.78 is 0.978. The fourth-order valence-corrected chi connectivity index (χ4v) is 2.82. The maximum absolute atomic E-state index is 10.5. The third-order valence-electron chi connectivity index (χ3n) is 3.47. The van der Waals surface area contributed by atoms with E-state index in [0.717, 1.165) is 26.4 Å². The summed E-state index contributed by atoms with van der Waals surface area (Å²) in [6.45, 7) is 0. The molecule has 0 bridgehead atoms. The van der Waals surface area contributed by atoms with Gasteiger partial charge in [0.05, 0.1) is 6.04 Å². The van der Waals surface area contributed by atoms with Gasteiger partial charge in [-0.2, -0.15) is 0 Å². The van der Waals surface area contributed by atoms with Gasteiger partial charge in [0, 0.05) is 15.4 Å². The lowest BCUT2D eigenvalue weighted by molar-refractivity contribution is 0.472. The molecule has 3 N–H and O–H groups in total. The molecule has 0 fully saturated rings. The van der Waals surface area contributed by atoms with E-state index in [4.69, 9.17) is 5.73 Å². The number of halogens is 1. The Kier molecular flexibility index (Phi) is 3.47. The molecule has 0 aliphatic rings. The third kappa shape index (κ3) is 2.30. The van der Waals surface area contributed by atoms with E-state index in [1.165, 1.54) is 0 Å². The lowest BCUT2D eigenvalue weighted by Gasteiger charge is -2.16. The molecule has 0 unspecified atom stereocenters. The molecule has 0 aliphatic carbocycles. The van der Waals surface area contributed by atoms with Crippen LogP contribution in [0.3, 0.4) is 0 Å². The molecule has 0 amide bonds. The minimum Gasteiger partial charge on any atom is -0.507 e. The number of hydrogen-bond acceptors (Lipinski definition) is 2. The average molecular weight is 328 g/mol. The molecule has 0 radical (unpaired) electrons. The number of phenolic OH excluding ortho intramolecular Hbond substituents is 1. The Morgan fingerprint density at radius 3 is 2.55 bits per heavy atom. The van der Waals surface area contributed by atoms with E-state index < -0.39 is 0 Å². The number of rotatable bonds is 2. The van der Waals surface area contributed by atoms with Crippen LogP contribution in [-0.2, 0) is 0 Å². The van der Waals surface area contributed by atoms with Gasteiger partial charge in [0.15, 0.2) is 0 Å². The lowest BCUT2D eigenvalue weighted by Crippen LogP contribution is -2.12. The third-order valence-corrected chi connectivity index (χ3v) is 3.97. The van der Waals surface area contributed by atoms with Crippen molar-refractivity contribution in [3.8, 4) is 5.75 Å². The van der Waals surface area contributed by atoms with Crippen molar-refractivity contribution in [1.29, 1.82) is 0 Å². The second kappa shape index (κ2) is 5.27. The number of aromatic hydroxyl groups is 1. The minimum atomic E-state index is -0.350. The van der Waals surface area contributed by atoms with Crippen molar-refractivity contribution in [3.63, 3.8) is 0 Å². The molecule has 0 heterocycles. The van der Waals surface area contributed by atoms with E-state index in [0.29, 0.717) is 0 Å². The summed E-state index contributed by atoms with van der Waals surface area (Å²) in [4.78, 5) is 0. The van der Waals surface area contributed by atoms with E-state index in [2.05, 4.69) is 15.9 Å². The van der Waals surface area contributed by atoms with Crippen molar-refractivity contribution in [1.82, 2.24) is 0 Å². The van der Waals surface area contributed by atoms with Crippen LogP contribution in [0.1, 0.15) is 17.2 Å². The maximum Gasteiger partial charge on any atom is 0.128 e. The number of fused-ring (bicyclic) bond motifs is 1. The zero-order valence-electron chi connectivity index (χ0n) is 10.8. The molecule has 3 aromatic carbocycles. The second-order valence-corrected chi connectivity index (χ2v) is 5.67. The Morgan fingerprint density at radius 1 is 0.950 bits per heavy atom. The summed E-state index contributed by atoms with van der Waals surface area (Å²) in [6.07, 6.45) is 0.